The van der Waals surface area contributed by atoms with Crippen molar-refractivity contribution in [1.82, 2.24) is 0 Å². The van der Waals surface area contributed by atoms with Crippen molar-refractivity contribution >= 4 is 5.97 Å². The van der Waals surface area contributed by atoms with Crippen molar-refractivity contribution in [1.29, 1.82) is 0 Å². The first-order chi connectivity index (χ1) is 5.70. The van der Waals surface area contributed by atoms with E-state index in [0.29, 0.717) is 0 Å². The van der Waals surface area contributed by atoms with Crippen LogP contribution in [-0.2, 0) is 9.90 Å². The lowest BCUT2D eigenvalue weighted by Crippen LogP contribution is -2.14. The number of rotatable bonds is 3. The highest BCUT2D eigenvalue weighted by Gasteiger charge is 2.10. The number of nitrogens with two attached hydrogens (primary N) is 1. The van der Waals surface area contributed by atoms with E-state index < -0.39 is 12.0 Å². The van der Waals surface area contributed by atoms with Crippen molar-refractivity contribution in [2.24, 2.45) is 5.73 Å². The lowest BCUT2D eigenvalue weighted by Gasteiger charge is -2.06. The fourth-order valence-electron chi connectivity index (χ4n) is 0.998. The molecule has 1 radical (unpaired) electrons. The van der Waals surface area contributed by atoms with Gasteiger partial charge >= 0.3 is 5.97 Å². The Balaban J connectivity index is 2.65. The van der Waals surface area contributed by atoms with Gasteiger partial charge in [-0.3, -0.25) is 0 Å². The summed E-state index contributed by atoms with van der Waals surface area (Å²) in [6, 6.07) is 8.64. The smallest absolute Gasteiger partial charge is 0.323 e. The van der Waals surface area contributed by atoms with Gasteiger partial charge in [0.2, 0.25) is 0 Å². The molecule has 63 valence electrons. The average molecular weight is 164 g/mol. The number of carbonyl (C=O) groups is 1. The van der Waals surface area contributed by atoms with E-state index in [9.17, 15) is 9.90 Å². The van der Waals surface area contributed by atoms with Crippen LogP contribution < -0.4 is 5.73 Å². The van der Waals surface area contributed by atoms with Crippen LogP contribution in [0.2, 0.25) is 0 Å². The molecule has 0 saturated heterocycles. The van der Waals surface area contributed by atoms with Gasteiger partial charge in [-0.2, -0.15) is 0 Å². The van der Waals surface area contributed by atoms with Crippen LogP contribution in [0.4, 0.5) is 0 Å². The minimum absolute atomic E-state index is 0.135. The van der Waals surface area contributed by atoms with E-state index in [2.05, 4.69) is 0 Å². The van der Waals surface area contributed by atoms with Gasteiger partial charge in [-0.25, -0.2) is 9.90 Å². The Bertz CT molecular complexity index is 258. The minimum atomic E-state index is -1.12. The highest BCUT2D eigenvalue weighted by Crippen LogP contribution is 2.12. The zero-order valence-electron chi connectivity index (χ0n) is 6.57. The Morgan fingerprint density at radius 3 is 2.42 bits per heavy atom. The summed E-state index contributed by atoms with van der Waals surface area (Å²) >= 11 is 0. The molecule has 1 rings (SSSR count). The predicted molar refractivity (Wildman–Crippen MR) is 43.7 cm³/mol. The Morgan fingerprint density at radius 1 is 1.33 bits per heavy atom. The first kappa shape index (κ1) is 8.74. The van der Waals surface area contributed by atoms with E-state index in [1.165, 1.54) is 0 Å². The van der Waals surface area contributed by atoms with Crippen molar-refractivity contribution in [3.8, 4) is 0 Å². The molecule has 0 saturated carbocycles. The molecule has 1 unspecified atom stereocenters. The normalized spacial score (nSPS) is 12.4. The Morgan fingerprint density at radius 2 is 1.92 bits per heavy atom. The quantitative estimate of drug-likeness (QED) is 0.725. The van der Waals surface area contributed by atoms with Crippen LogP contribution >= 0.6 is 0 Å². The van der Waals surface area contributed by atoms with Crippen LogP contribution in [0.1, 0.15) is 18.0 Å². The van der Waals surface area contributed by atoms with Crippen molar-refractivity contribution < 1.29 is 9.90 Å². The van der Waals surface area contributed by atoms with Crippen LogP contribution in [0.15, 0.2) is 30.3 Å². The highest BCUT2D eigenvalue weighted by molar-refractivity contribution is 5.67. The van der Waals surface area contributed by atoms with Gasteiger partial charge in [0, 0.05) is 6.04 Å². The van der Waals surface area contributed by atoms with Crippen LogP contribution in [0.5, 0.6) is 0 Å². The molecule has 0 aliphatic heterocycles. The fourth-order valence-corrected chi connectivity index (χ4v) is 0.998. The topological polar surface area (TPSA) is 63.0 Å². The minimum Gasteiger partial charge on any atom is -0.323 e. The van der Waals surface area contributed by atoms with Gasteiger partial charge in [-0.05, 0) is 5.56 Å². The summed E-state index contributed by atoms with van der Waals surface area (Å²) < 4.78 is 0. The Labute approximate surface area is 70.8 Å². The predicted octanol–water partition coefficient (Wildman–Crippen LogP) is 1.03. The molecule has 3 heteroatoms. The molecule has 3 nitrogen and oxygen atoms in total. The summed E-state index contributed by atoms with van der Waals surface area (Å²) in [6.45, 7) is 0. The lowest BCUT2D eigenvalue weighted by atomic mass is 10.1. The third kappa shape index (κ3) is 2.36. The van der Waals surface area contributed by atoms with Gasteiger partial charge in [0.05, 0.1) is 6.42 Å². The van der Waals surface area contributed by atoms with Crippen LogP contribution in [0, 0.1) is 0 Å². The van der Waals surface area contributed by atoms with Gasteiger partial charge in [0.15, 0.2) is 0 Å². The van der Waals surface area contributed by atoms with Crippen molar-refractivity contribution in [3.05, 3.63) is 35.9 Å². The van der Waals surface area contributed by atoms with Gasteiger partial charge < -0.3 is 5.73 Å². The van der Waals surface area contributed by atoms with E-state index in [1.54, 1.807) is 12.1 Å². The number of hydrogen-bond donors (Lipinski definition) is 1. The van der Waals surface area contributed by atoms with E-state index in [0.717, 1.165) is 5.56 Å². The first-order valence-corrected chi connectivity index (χ1v) is 3.70. The fraction of sp³-hybridized carbons (Fsp3) is 0.222. The molecule has 1 atom stereocenters. The molecule has 2 N–H and O–H groups in total. The zero-order valence-corrected chi connectivity index (χ0v) is 6.57. The van der Waals surface area contributed by atoms with Crippen LogP contribution in [-0.4, -0.2) is 5.97 Å². The second kappa shape index (κ2) is 3.88. The molecule has 1 aromatic carbocycles. The maximum atomic E-state index is 10.2. The van der Waals surface area contributed by atoms with Crippen LogP contribution in [0.3, 0.4) is 0 Å². The average Bonchev–Trinajstić information content (AvgIpc) is 2.05. The van der Waals surface area contributed by atoms with Crippen molar-refractivity contribution in [2.45, 2.75) is 12.5 Å². The van der Waals surface area contributed by atoms with Crippen molar-refractivity contribution in [3.63, 3.8) is 0 Å². The zero-order chi connectivity index (χ0) is 8.97. The SMILES string of the molecule is NC(CC([O])=O)c1ccccc1. The lowest BCUT2D eigenvalue weighted by molar-refractivity contribution is -0.143. The molecule has 0 aliphatic rings. The third-order valence-electron chi connectivity index (χ3n) is 1.61. The first-order valence-electron chi connectivity index (χ1n) is 3.70. The van der Waals surface area contributed by atoms with Gasteiger partial charge in [0.1, 0.15) is 0 Å². The molecule has 0 aliphatic carbocycles. The van der Waals surface area contributed by atoms with Gasteiger partial charge in [0.25, 0.3) is 0 Å². The Hall–Kier alpha value is -1.35. The molecule has 0 spiro atoms. The summed E-state index contributed by atoms with van der Waals surface area (Å²) in [5, 5.41) is 10.2. The van der Waals surface area contributed by atoms with E-state index in [-0.39, 0.29) is 6.42 Å². The second-order valence-electron chi connectivity index (χ2n) is 2.59. The molecule has 0 fully saturated rings. The largest absolute Gasteiger partial charge is 0.357 e. The van der Waals surface area contributed by atoms with E-state index >= 15 is 0 Å². The van der Waals surface area contributed by atoms with Gasteiger partial charge in [-0.15, -0.1) is 0 Å². The molecule has 1 aromatic rings. The van der Waals surface area contributed by atoms with E-state index in [1.807, 2.05) is 18.2 Å². The molecular weight excluding hydrogens is 154 g/mol. The number of carbonyl (C=O) groups excluding carboxylic acids is 1. The molecule has 0 amide bonds. The van der Waals surface area contributed by atoms with Crippen LogP contribution in [0.25, 0.3) is 0 Å². The van der Waals surface area contributed by atoms with E-state index in [4.69, 9.17) is 5.73 Å². The molecule has 0 heterocycles. The third-order valence-corrected chi connectivity index (χ3v) is 1.61. The molecule has 0 aromatic heterocycles. The summed E-state index contributed by atoms with van der Waals surface area (Å²) in [6.07, 6.45) is -0.135. The number of benzene rings is 1. The maximum Gasteiger partial charge on any atom is 0.357 e. The van der Waals surface area contributed by atoms with Crippen molar-refractivity contribution in [2.75, 3.05) is 0 Å². The Kier molecular flexibility index (Phi) is 2.82. The number of hydrogen-bond acceptors (Lipinski definition) is 2. The molecule has 12 heavy (non-hydrogen) atoms. The highest BCUT2D eigenvalue weighted by atomic mass is 16.4. The summed E-state index contributed by atoms with van der Waals surface area (Å²) in [5.41, 5.74) is 6.40. The molecular formula is C9H10NO2. The summed E-state index contributed by atoms with van der Waals surface area (Å²) in [5.74, 6) is -1.12. The summed E-state index contributed by atoms with van der Waals surface area (Å²) in [4.78, 5) is 10.2. The molecule has 0 bridgehead atoms. The second-order valence-corrected chi connectivity index (χ2v) is 2.59. The maximum absolute atomic E-state index is 10.2. The monoisotopic (exact) mass is 164 g/mol. The summed E-state index contributed by atoms with van der Waals surface area (Å²) in [7, 11) is 0. The standard InChI is InChI=1S/C9H10NO2/c10-8(6-9(11)12)7-4-2-1-3-5-7/h1-5,8H,6,10H2. The van der Waals surface area contributed by atoms with Gasteiger partial charge in [-0.1, -0.05) is 30.3 Å².